The third-order valence-corrected chi connectivity index (χ3v) is 7.84. The zero-order chi connectivity index (χ0) is 28.4. The van der Waals surface area contributed by atoms with Crippen molar-refractivity contribution < 1.29 is 44.1 Å². The average molecular weight is 539 g/mol. The summed E-state index contributed by atoms with van der Waals surface area (Å²) in [4.78, 5) is 52.9. The molecule has 2 aromatic rings. The van der Waals surface area contributed by atoms with Gasteiger partial charge in [0.25, 0.3) is 11.8 Å². The number of amides is 2. The zero-order valence-electron chi connectivity index (χ0n) is 21.0. The quantitative estimate of drug-likeness (QED) is 0.276. The highest BCUT2D eigenvalue weighted by atomic mass is 16.5. The van der Waals surface area contributed by atoms with E-state index in [9.17, 15) is 39.6 Å². The Kier molecular flexibility index (Phi) is 6.07. The molecule has 7 N–H and O–H groups in total. The molecule has 3 aliphatic carbocycles. The number of Topliss-reactive ketones (excluding diaryl/α,β-unsaturated/α-hetero) is 2. The number of nitrogens with zero attached hydrogens (tertiary/aromatic N) is 2. The van der Waals surface area contributed by atoms with E-state index in [1.54, 1.807) is 6.07 Å². The number of aliphatic hydroxyl groups excluding tert-OH is 2. The van der Waals surface area contributed by atoms with Crippen LogP contribution in [0.1, 0.15) is 33.5 Å². The molecule has 39 heavy (non-hydrogen) atoms. The SMILES string of the molecule is CN(C)C1C(=O)C(C(N)=O)=C(O)C2(O)C(=O)C3=C(O)c4c(O)ccc(CNC(=O)c5cnoc5)c4CC3CC12. The Balaban J connectivity index is 1.61. The number of benzene rings is 1. The van der Waals surface area contributed by atoms with Crippen LogP contribution in [0.5, 0.6) is 5.75 Å². The van der Waals surface area contributed by atoms with Crippen molar-refractivity contribution in [2.45, 2.75) is 31.0 Å². The summed E-state index contributed by atoms with van der Waals surface area (Å²) in [6.07, 6.45) is 2.50. The molecular formula is C26H26N4O9. The maximum absolute atomic E-state index is 13.8. The van der Waals surface area contributed by atoms with Crippen molar-refractivity contribution >= 4 is 29.1 Å². The van der Waals surface area contributed by atoms with Crippen LogP contribution in [0.15, 0.2) is 46.0 Å². The molecule has 13 heteroatoms. The molecule has 2 amide bonds. The number of phenols is 1. The number of phenolic OH excluding ortho intramolecular Hbond substituents is 1. The predicted molar refractivity (Wildman–Crippen MR) is 132 cm³/mol. The van der Waals surface area contributed by atoms with Crippen LogP contribution in [0, 0.1) is 11.8 Å². The first kappa shape index (κ1) is 26.1. The molecule has 0 saturated heterocycles. The molecule has 1 saturated carbocycles. The second kappa shape index (κ2) is 9.06. The lowest BCUT2D eigenvalue weighted by atomic mass is 9.57. The van der Waals surface area contributed by atoms with Gasteiger partial charge in [-0.05, 0) is 50.0 Å². The number of carbonyl (C=O) groups is 4. The molecule has 1 aromatic carbocycles. The molecule has 204 valence electrons. The number of fused-ring (bicyclic) bond motifs is 3. The molecule has 4 atom stereocenters. The molecule has 13 nitrogen and oxygen atoms in total. The first-order valence-electron chi connectivity index (χ1n) is 12.1. The molecule has 1 aromatic heterocycles. The molecule has 1 heterocycles. The standard InChI is InChI=1S/C26H26N4O9/c1-30(2)19-14-6-11-5-13-10(7-28-25(37)12-8-29-39-9-12)3-4-15(31)17(13)20(32)16(11)22(34)26(14,38)23(35)18(21(19)33)24(27)36/h3-4,8-9,11,14,19,31-32,35,38H,5-7H2,1-2H3,(H2,27,36)(H,28,37). The minimum absolute atomic E-state index is 0.00752. The average Bonchev–Trinajstić information content (AvgIpc) is 3.40. The molecule has 0 spiro atoms. The van der Waals surface area contributed by atoms with Gasteiger partial charge in [0.05, 0.1) is 23.4 Å². The first-order valence-corrected chi connectivity index (χ1v) is 12.1. The second-order valence-electron chi connectivity index (χ2n) is 10.2. The zero-order valence-corrected chi connectivity index (χ0v) is 21.0. The number of likely N-dealkylation sites (N-methyl/N-ethyl adjacent to an activating group) is 1. The number of carbonyl (C=O) groups excluding carboxylic acids is 4. The highest BCUT2D eigenvalue weighted by Gasteiger charge is 2.64. The third kappa shape index (κ3) is 3.72. The van der Waals surface area contributed by atoms with Crippen LogP contribution in [-0.2, 0) is 27.3 Å². The smallest absolute Gasteiger partial charge is 0.256 e. The number of nitrogens with one attached hydrogen (secondary N) is 1. The normalized spacial score (nSPS) is 26.3. The maximum atomic E-state index is 13.8. The molecule has 1 fully saturated rings. The number of primary amides is 1. The summed E-state index contributed by atoms with van der Waals surface area (Å²) >= 11 is 0. The number of hydrogen-bond acceptors (Lipinski definition) is 11. The number of aromatic hydroxyl groups is 1. The van der Waals surface area contributed by atoms with E-state index in [-0.39, 0.29) is 41.8 Å². The van der Waals surface area contributed by atoms with Crippen LogP contribution in [0.4, 0.5) is 0 Å². The fourth-order valence-corrected chi connectivity index (χ4v) is 6.07. The van der Waals surface area contributed by atoms with Crippen LogP contribution in [-0.4, -0.2) is 79.6 Å². The first-order chi connectivity index (χ1) is 18.4. The third-order valence-electron chi connectivity index (χ3n) is 7.84. The summed E-state index contributed by atoms with van der Waals surface area (Å²) in [6.45, 7) is 0.00752. The Morgan fingerprint density at radius 1 is 1.23 bits per heavy atom. The van der Waals surface area contributed by atoms with Gasteiger partial charge >= 0.3 is 0 Å². The van der Waals surface area contributed by atoms with Gasteiger partial charge in [0, 0.05) is 18.0 Å². The number of ketones is 2. The van der Waals surface area contributed by atoms with Crippen molar-refractivity contribution in [3.63, 3.8) is 0 Å². The maximum Gasteiger partial charge on any atom is 0.256 e. The van der Waals surface area contributed by atoms with Gasteiger partial charge in [-0.2, -0.15) is 0 Å². The van der Waals surface area contributed by atoms with Gasteiger partial charge in [-0.25, -0.2) is 0 Å². The molecule has 0 aliphatic heterocycles. The van der Waals surface area contributed by atoms with Crippen molar-refractivity contribution in [2.24, 2.45) is 17.6 Å². The van der Waals surface area contributed by atoms with Gasteiger partial charge in [-0.1, -0.05) is 11.2 Å². The summed E-state index contributed by atoms with van der Waals surface area (Å²) in [5.74, 6) is -7.66. The summed E-state index contributed by atoms with van der Waals surface area (Å²) in [6, 6.07) is 1.70. The summed E-state index contributed by atoms with van der Waals surface area (Å²) in [7, 11) is 3.06. The van der Waals surface area contributed by atoms with Crippen molar-refractivity contribution in [1.82, 2.24) is 15.4 Å². The highest BCUT2D eigenvalue weighted by molar-refractivity contribution is 6.24. The van der Waals surface area contributed by atoms with Crippen LogP contribution in [0.3, 0.4) is 0 Å². The van der Waals surface area contributed by atoms with Crippen LogP contribution in [0.2, 0.25) is 0 Å². The molecule has 3 aliphatic rings. The number of nitrogens with two attached hydrogens (primary N) is 1. The van der Waals surface area contributed by atoms with Crippen molar-refractivity contribution in [3.8, 4) is 5.75 Å². The van der Waals surface area contributed by atoms with E-state index in [1.807, 2.05) is 0 Å². The lowest BCUT2D eigenvalue weighted by Gasteiger charge is -2.50. The van der Waals surface area contributed by atoms with Gasteiger partial charge in [0.1, 0.15) is 29.1 Å². The fourth-order valence-electron chi connectivity index (χ4n) is 6.07. The van der Waals surface area contributed by atoms with E-state index in [4.69, 9.17) is 5.73 Å². The number of rotatable bonds is 5. The molecule has 0 bridgehead atoms. The molecule has 5 rings (SSSR count). The second-order valence-corrected chi connectivity index (χ2v) is 10.2. The van der Waals surface area contributed by atoms with Crippen molar-refractivity contribution in [2.75, 3.05) is 14.1 Å². The Hall–Kier alpha value is -4.49. The summed E-state index contributed by atoms with van der Waals surface area (Å²) in [5.41, 5.74) is 2.66. The topological polar surface area (TPSA) is 217 Å². The summed E-state index contributed by atoms with van der Waals surface area (Å²) < 4.78 is 4.68. The number of aromatic nitrogens is 1. The van der Waals surface area contributed by atoms with E-state index < -0.39 is 64.0 Å². The van der Waals surface area contributed by atoms with Gasteiger partial charge in [0.2, 0.25) is 5.78 Å². The number of aliphatic hydroxyl groups is 3. The molecule has 4 unspecified atom stereocenters. The Morgan fingerprint density at radius 2 is 1.95 bits per heavy atom. The minimum Gasteiger partial charge on any atom is -0.508 e. The van der Waals surface area contributed by atoms with Gasteiger partial charge < -0.3 is 36.0 Å². The predicted octanol–water partition coefficient (Wildman–Crippen LogP) is -0.118. The minimum atomic E-state index is -2.70. The van der Waals surface area contributed by atoms with Crippen molar-refractivity contribution in [3.05, 3.63) is 63.8 Å². The van der Waals surface area contributed by atoms with Gasteiger partial charge in [-0.3, -0.25) is 24.1 Å². The monoisotopic (exact) mass is 538 g/mol. The van der Waals surface area contributed by atoms with Gasteiger partial charge in [0.15, 0.2) is 11.4 Å². The Bertz CT molecular complexity index is 1490. The lowest BCUT2D eigenvalue weighted by molar-refractivity contribution is -0.153. The number of hydrogen-bond donors (Lipinski definition) is 6. The van der Waals surface area contributed by atoms with Crippen LogP contribution < -0.4 is 11.1 Å². The summed E-state index contributed by atoms with van der Waals surface area (Å²) in [5, 5.41) is 50.6. The molecular weight excluding hydrogens is 512 g/mol. The van der Waals surface area contributed by atoms with Gasteiger partial charge in [-0.15, -0.1) is 0 Å². The van der Waals surface area contributed by atoms with E-state index in [2.05, 4.69) is 15.0 Å². The van der Waals surface area contributed by atoms with E-state index >= 15 is 0 Å². The van der Waals surface area contributed by atoms with E-state index in [0.29, 0.717) is 11.1 Å². The lowest BCUT2D eigenvalue weighted by Crippen LogP contribution is -2.65. The fraction of sp³-hybridized carbons (Fsp3) is 0.346. The Morgan fingerprint density at radius 3 is 2.56 bits per heavy atom. The van der Waals surface area contributed by atoms with E-state index in [1.165, 1.54) is 37.5 Å². The van der Waals surface area contributed by atoms with E-state index in [0.717, 1.165) is 0 Å². The Labute approximate surface area is 221 Å². The molecule has 0 radical (unpaired) electrons. The highest BCUT2D eigenvalue weighted by Crippen LogP contribution is 2.52. The van der Waals surface area contributed by atoms with Crippen LogP contribution >= 0.6 is 0 Å². The largest absolute Gasteiger partial charge is 0.508 e. The van der Waals surface area contributed by atoms with Crippen LogP contribution in [0.25, 0.3) is 5.76 Å². The van der Waals surface area contributed by atoms with Crippen molar-refractivity contribution in [1.29, 1.82) is 0 Å².